The van der Waals surface area contributed by atoms with Gasteiger partial charge in [-0.05, 0) is 44.0 Å². The predicted molar refractivity (Wildman–Crippen MR) is 137 cm³/mol. The average molecular weight is 528 g/mol. The number of carbonyl (C=O) groups is 1. The molecule has 0 radical (unpaired) electrons. The summed E-state index contributed by atoms with van der Waals surface area (Å²) in [7, 11) is 0. The fourth-order valence-electron chi connectivity index (χ4n) is 4.99. The zero-order valence-electron chi connectivity index (χ0n) is 20.1. The maximum atomic E-state index is 12.5. The van der Waals surface area contributed by atoms with Gasteiger partial charge in [-0.3, -0.25) is 4.79 Å². The molecule has 2 aliphatic rings. The predicted octanol–water partition coefficient (Wildman–Crippen LogP) is 4.12. The SMILES string of the molecule is C[C@@H]1CN(c2cnc3c(C#N)nn([C@H](C)c4ccc(Cl)cc4Cl)c3n2)CC[C@@H]1OC(=O)[C@@H]1CCCN1. The summed E-state index contributed by atoms with van der Waals surface area (Å²) in [6, 6.07) is 6.94. The molecule has 4 atom stereocenters. The topological polar surface area (TPSA) is 109 Å². The molecule has 1 aromatic carbocycles. The van der Waals surface area contributed by atoms with Gasteiger partial charge in [0.25, 0.3) is 0 Å². The van der Waals surface area contributed by atoms with Crippen molar-refractivity contribution in [2.24, 2.45) is 5.92 Å². The number of halogens is 2. The maximum Gasteiger partial charge on any atom is 0.323 e. The first-order chi connectivity index (χ1) is 17.4. The van der Waals surface area contributed by atoms with Gasteiger partial charge in [0, 0.05) is 35.5 Å². The highest BCUT2D eigenvalue weighted by molar-refractivity contribution is 6.35. The van der Waals surface area contributed by atoms with Crippen LogP contribution in [0, 0.1) is 17.2 Å². The number of carbonyl (C=O) groups excluding carboxylic acids is 1. The summed E-state index contributed by atoms with van der Waals surface area (Å²) in [6.07, 6.45) is 4.09. The number of hydrogen-bond donors (Lipinski definition) is 1. The molecule has 188 valence electrons. The first-order valence-corrected chi connectivity index (χ1v) is 12.9. The number of hydrogen-bond acceptors (Lipinski definition) is 8. The van der Waals surface area contributed by atoms with Crippen molar-refractivity contribution >= 4 is 46.2 Å². The Morgan fingerprint density at radius 3 is 2.86 bits per heavy atom. The van der Waals surface area contributed by atoms with Gasteiger partial charge in [-0.1, -0.05) is 36.2 Å². The highest BCUT2D eigenvalue weighted by Gasteiger charge is 2.33. The largest absolute Gasteiger partial charge is 0.461 e. The number of rotatable bonds is 5. The van der Waals surface area contributed by atoms with Crippen LogP contribution in [0.25, 0.3) is 11.2 Å². The van der Waals surface area contributed by atoms with Gasteiger partial charge in [-0.25, -0.2) is 14.6 Å². The fraction of sp³-hybridized carbons (Fsp3) is 0.480. The van der Waals surface area contributed by atoms with Crippen molar-refractivity contribution in [1.82, 2.24) is 25.1 Å². The summed E-state index contributed by atoms with van der Waals surface area (Å²) in [5.41, 5.74) is 1.98. The molecule has 0 unspecified atom stereocenters. The number of nitriles is 1. The molecule has 0 amide bonds. The van der Waals surface area contributed by atoms with Gasteiger partial charge in [0.2, 0.25) is 0 Å². The number of esters is 1. The van der Waals surface area contributed by atoms with Crippen LogP contribution in [0.5, 0.6) is 0 Å². The maximum absolute atomic E-state index is 12.5. The Bertz CT molecular complexity index is 1330. The summed E-state index contributed by atoms with van der Waals surface area (Å²) < 4.78 is 7.53. The lowest BCUT2D eigenvalue weighted by Crippen LogP contribution is -2.46. The van der Waals surface area contributed by atoms with E-state index in [1.807, 2.05) is 13.0 Å². The molecule has 11 heteroatoms. The molecular weight excluding hydrogens is 501 g/mol. The second-order valence-corrected chi connectivity index (χ2v) is 10.3. The van der Waals surface area contributed by atoms with E-state index in [2.05, 4.69) is 33.3 Å². The monoisotopic (exact) mass is 527 g/mol. The molecular formula is C25H27Cl2N7O2. The van der Waals surface area contributed by atoms with Gasteiger partial charge in [-0.15, -0.1) is 0 Å². The number of ether oxygens (including phenoxy) is 1. The highest BCUT2D eigenvalue weighted by atomic mass is 35.5. The van der Waals surface area contributed by atoms with E-state index in [9.17, 15) is 10.1 Å². The summed E-state index contributed by atoms with van der Waals surface area (Å²) in [5.74, 6) is 0.673. The van der Waals surface area contributed by atoms with Crippen LogP contribution in [0.4, 0.5) is 5.82 Å². The molecule has 0 saturated carbocycles. The van der Waals surface area contributed by atoms with Crippen LogP contribution < -0.4 is 10.2 Å². The Balaban J connectivity index is 1.38. The van der Waals surface area contributed by atoms with E-state index in [4.69, 9.17) is 32.9 Å². The Morgan fingerprint density at radius 1 is 1.33 bits per heavy atom. The first-order valence-electron chi connectivity index (χ1n) is 12.1. The van der Waals surface area contributed by atoms with E-state index >= 15 is 0 Å². The molecule has 0 aliphatic carbocycles. The number of benzene rings is 1. The number of nitrogens with one attached hydrogen (secondary N) is 1. The standard InChI is InChI=1S/C25H27Cl2N7O2/c1-14-13-33(9-7-21(14)36-25(35)19-4-3-8-29-19)22-12-30-23-20(11-28)32-34(24(23)31-22)15(2)17-6-5-16(26)10-18(17)27/h5-6,10,12,14-15,19,21,29H,3-4,7-9,13H2,1-2H3/t14-,15-,19+,21+/m1/s1. The molecule has 5 rings (SSSR count). The van der Waals surface area contributed by atoms with Crippen LogP contribution in [0.1, 0.15) is 50.4 Å². The van der Waals surface area contributed by atoms with Crippen LogP contribution in [-0.4, -0.2) is 57.5 Å². The van der Waals surface area contributed by atoms with Crippen LogP contribution in [0.15, 0.2) is 24.4 Å². The van der Waals surface area contributed by atoms with Crippen LogP contribution in [0.2, 0.25) is 10.0 Å². The normalized spacial score (nSPS) is 23.0. The second kappa shape index (κ2) is 10.2. The van der Waals surface area contributed by atoms with Gasteiger partial charge in [-0.2, -0.15) is 10.4 Å². The Morgan fingerprint density at radius 2 is 2.17 bits per heavy atom. The molecule has 0 spiro atoms. The van der Waals surface area contributed by atoms with Gasteiger partial charge in [0.05, 0.1) is 12.2 Å². The van der Waals surface area contributed by atoms with Crippen LogP contribution in [0.3, 0.4) is 0 Å². The number of piperidine rings is 1. The van der Waals surface area contributed by atoms with E-state index in [-0.39, 0.29) is 35.8 Å². The fourth-order valence-corrected chi connectivity index (χ4v) is 5.56. The van der Waals surface area contributed by atoms with Gasteiger partial charge < -0.3 is 15.0 Å². The molecule has 4 heterocycles. The van der Waals surface area contributed by atoms with E-state index in [0.717, 1.165) is 24.9 Å². The average Bonchev–Trinajstić information content (AvgIpc) is 3.53. The van der Waals surface area contributed by atoms with E-state index < -0.39 is 0 Å². The van der Waals surface area contributed by atoms with E-state index in [0.29, 0.717) is 46.5 Å². The molecule has 1 N–H and O–H groups in total. The van der Waals surface area contributed by atoms with Crippen LogP contribution >= 0.6 is 23.2 Å². The summed E-state index contributed by atoms with van der Waals surface area (Å²) in [4.78, 5) is 24.0. The van der Waals surface area contributed by atoms with Crippen LogP contribution in [-0.2, 0) is 9.53 Å². The molecule has 2 aliphatic heterocycles. The number of anilines is 1. The number of fused-ring (bicyclic) bond motifs is 1. The summed E-state index contributed by atoms with van der Waals surface area (Å²) >= 11 is 12.5. The summed E-state index contributed by atoms with van der Waals surface area (Å²) in [5, 5.41) is 18.4. The lowest BCUT2D eigenvalue weighted by molar-refractivity contribution is -0.154. The molecule has 0 bridgehead atoms. The van der Waals surface area contributed by atoms with Crippen molar-refractivity contribution in [2.75, 3.05) is 24.5 Å². The van der Waals surface area contributed by atoms with Gasteiger partial charge >= 0.3 is 5.97 Å². The summed E-state index contributed by atoms with van der Waals surface area (Å²) in [6.45, 7) is 6.24. The third kappa shape index (κ3) is 4.73. The molecule has 9 nitrogen and oxygen atoms in total. The Labute approximate surface area is 219 Å². The van der Waals surface area contributed by atoms with Crippen molar-refractivity contribution in [2.45, 2.75) is 51.3 Å². The van der Waals surface area contributed by atoms with Crippen molar-refractivity contribution in [1.29, 1.82) is 5.26 Å². The number of aromatic nitrogens is 4. The molecule has 2 fully saturated rings. The first kappa shape index (κ1) is 24.8. The second-order valence-electron chi connectivity index (χ2n) is 9.48. The minimum absolute atomic E-state index is 0.129. The van der Waals surface area contributed by atoms with Gasteiger partial charge in [0.15, 0.2) is 11.3 Å². The molecule has 3 aromatic rings. The molecule has 2 saturated heterocycles. The van der Waals surface area contributed by atoms with E-state index in [1.54, 1.807) is 23.0 Å². The minimum atomic E-state index is -0.294. The van der Waals surface area contributed by atoms with Crippen molar-refractivity contribution in [3.8, 4) is 6.07 Å². The lowest BCUT2D eigenvalue weighted by atomic mass is 9.96. The van der Waals surface area contributed by atoms with Crippen molar-refractivity contribution < 1.29 is 9.53 Å². The zero-order valence-corrected chi connectivity index (χ0v) is 21.6. The third-order valence-corrected chi connectivity index (χ3v) is 7.60. The Kier molecular flexibility index (Phi) is 7.02. The third-order valence-electron chi connectivity index (χ3n) is 7.04. The minimum Gasteiger partial charge on any atom is -0.461 e. The quantitative estimate of drug-likeness (QED) is 0.493. The molecule has 36 heavy (non-hydrogen) atoms. The van der Waals surface area contributed by atoms with Crippen molar-refractivity contribution in [3.05, 3.63) is 45.7 Å². The Hall–Kier alpha value is -2.93. The molecule has 2 aromatic heterocycles. The number of nitrogens with zero attached hydrogens (tertiary/aromatic N) is 6. The smallest absolute Gasteiger partial charge is 0.323 e. The van der Waals surface area contributed by atoms with Crippen molar-refractivity contribution in [3.63, 3.8) is 0 Å². The lowest BCUT2D eigenvalue weighted by Gasteiger charge is -2.37. The zero-order chi connectivity index (χ0) is 25.4. The van der Waals surface area contributed by atoms with E-state index in [1.165, 1.54) is 0 Å². The van der Waals surface area contributed by atoms with Gasteiger partial charge in [0.1, 0.15) is 29.5 Å². The highest BCUT2D eigenvalue weighted by Crippen LogP contribution is 2.32.